The van der Waals surface area contributed by atoms with Gasteiger partial charge in [-0.15, -0.1) is 0 Å². The number of benzene rings is 2. The molecule has 5 rings (SSSR count). The van der Waals surface area contributed by atoms with Gasteiger partial charge in [0.2, 0.25) is 5.91 Å². The van der Waals surface area contributed by atoms with Crippen molar-refractivity contribution in [2.24, 2.45) is 0 Å². The lowest BCUT2D eigenvalue weighted by molar-refractivity contribution is -0.136. The minimum atomic E-state index is -0.795. The van der Waals surface area contributed by atoms with Gasteiger partial charge in [-0.05, 0) is 61.7 Å². The Kier molecular flexibility index (Phi) is 6.41. The first-order chi connectivity index (χ1) is 17.5. The number of aryl methyl sites for hydroxylation is 1. The normalized spacial score (nSPS) is 16.9. The molecule has 0 saturated carbocycles. The molecule has 1 aromatic heterocycles. The van der Waals surface area contributed by atoms with Crippen LogP contribution in [0.2, 0.25) is 0 Å². The number of carbonyl (C=O) groups is 3. The van der Waals surface area contributed by atoms with Crippen LogP contribution in [-0.4, -0.2) is 64.3 Å². The fourth-order valence-corrected chi connectivity index (χ4v) is 5.17. The number of anilines is 2. The molecule has 0 atom stereocenters. The third-order valence-corrected chi connectivity index (χ3v) is 7.00. The SMILES string of the molecule is Cc1cccc(NC(=O)CN2CN(c3ccccc3)C3(CCN(C(=O)c4cccnc4)CC3)C2=O)c1. The molecule has 8 nitrogen and oxygen atoms in total. The zero-order valence-corrected chi connectivity index (χ0v) is 20.3. The predicted molar refractivity (Wildman–Crippen MR) is 137 cm³/mol. The van der Waals surface area contributed by atoms with E-state index in [-0.39, 0.29) is 24.3 Å². The first kappa shape index (κ1) is 23.5. The maximum Gasteiger partial charge on any atom is 0.255 e. The van der Waals surface area contributed by atoms with E-state index in [0.717, 1.165) is 11.3 Å². The Labute approximate surface area is 210 Å². The standard InChI is InChI=1S/C28H29N5O3/c1-21-7-5-9-23(17-21)30-25(34)19-32-20-33(24-10-3-2-4-11-24)28(27(32)36)12-15-31(16-13-28)26(35)22-8-6-14-29-18-22/h2-11,14,17-18H,12-13,15-16,19-20H2,1H3,(H,30,34). The third kappa shape index (κ3) is 4.54. The first-order valence-electron chi connectivity index (χ1n) is 12.1. The molecule has 3 heterocycles. The summed E-state index contributed by atoms with van der Waals surface area (Å²) in [5, 5.41) is 2.91. The molecule has 0 aliphatic carbocycles. The number of aromatic nitrogens is 1. The molecule has 0 unspecified atom stereocenters. The number of hydrogen-bond donors (Lipinski definition) is 1. The topological polar surface area (TPSA) is 85.8 Å². The van der Waals surface area contributed by atoms with Crippen molar-refractivity contribution in [1.82, 2.24) is 14.8 Å². The highest BCUT2D eigenvalue weighted by atomic mass is 16.2. The molecule has 1 spiro atoms. The average molecular weight is 484 g/mol. The van der Waals surface area contributed by atoms with E-state index in [1.54, 1.807) is 34.3 Å². The average Bonchev–Trinajstić information content (AvgIpc) is 3.16. The van der Waals surface area contributed by atoms with E-state index in [2.05, 4.69) is 15.2 Å². The Morgan fingerprint density at radius 1 is 1.00 bits per heavy atom. The van der Waals surface area contributed by atoms with E-state index >= 15 is 0 Å². The van der Waals surface area contributed by atoms with Crippen LogP contribution in [0, 0.1) is 6.92 Å². The minimum absolute atomic E-state index is 0.0316. The zero-order chi connectivity index (χ0) is 25.1. The Morgan fingerprint density at radius 2 is 1.78 bits per heavy atom. The predicted octanol–water partition coefficient (Wildman–Crippen LogP) is 3.31. The summed E-state index contributed by atoms with van der Waals surface area (Å²) >= 11 is 0. The van der Waals surface area contributed by atoms with Crippen LogP contribution in [0.3, 0.4) is 0 Å². The molecule has 2 saturated heterocycles. The maximum absolute atomic E-state index is 13.8. The number of carbonyl (C=O) groups excluding carboxylic acids is 3. The highest BCUT2D eigenvalue weighted by molar-refractivity contribution is 6.00. The second kappa shape index (κ2) is 9.81. The Morgan fingerprint density at radius 3 is 2.47 bits per heavy atom. The number of nitrogens with zero attached hydrogens (tertiary/aromatic N) is 4. The number of para-hydroxylation sites is 1. The highest BCUT2D eigenvalue weighted by Gasteiger charge is 2.54. The molecule has 0 bridgehead atoms. The van der Waals surface area contributed by atoms with Crippen molar-refractivity contribution in [1.29, 1.82) is 0 Å². The van der Waals surface area contributed by atoms with Crippen LogP contribution >= 0.6 is 0 Å². The molecule has 0 radical (unpaired) electrons. The number of piperidine rings is 1. The molecule has 1 N–H and O–H groups in total. The monoisotopic (exact) mass is 483 g/mol. The van der Waals surface area contributed by atoms with Crippen LogP contribution < -0.4 is 10.2 Å². The second-order valence-electron chi connectivity index (χ2n) is 9.39. The zero-order valence-electron chi connectivity index (χ0n) is 20.3. The second-order valence-corrected chi connectivity index (χ2v) is 9.39. The van der Waals surface area contributed by atoms with Crippen molar-refractivity contribution < 1.29 is 14.4 Å². The Hall–Kier alpha value is -4.20. The van der Waals surface area contributed by atoms with E-state index in [1.165, 1.54) is 0 Å². The summed E-state index contributed by atoms with van der Waals surface area (Å²) < 4.78 is 0. The van der Waals surface area contributed by atoms with Crippen molar-refractivity contribution in [2.75, 3.05) is 36.5 Å². The fourth-order valence-electron chi connectivity index (χ4n) is 5.17. The largest absolute Gasteiger partial charge is 0.339 e. The molecular weight excluding hydrogens is 454 g/mol. The molecule has 36 heavy (non-hydrogen) atoms. The summed E-state index contributed by atoms with van der Waals surface area (Å²) in [6.07, 6.45) is 4.18. The van der Waals surface area contributed by atoms with Crippen molar-refractivity contribution in [2.45, 2.75) is 25.3 Å². The summed E-state index contributed by atoms with van der Waals surface area (Å²) in [6, 6.07) is 20.9. The lowest BCUT2D eigenvalue weighted by Crippen LogP contribution is -2.57. The Bertz CT molecular complexity index is 1260. The molecule has 2 aliphatic heterocycles. The van der Waals surface area contributed by atoms with Crippen molar-refractivity contribution >= 4 is 29.1 Å². The van der Waals surface area contributed by atoms with Crippen LogP contribution in [0.25, 0.3) is 0 Å². The van der Waals surface area contributed by atoms with Gasteiger partial charge in [0.1, 0.15) is 12.1 Å². The van der Waals surface area contributed by atoms with Gasteiger partial charge in [0.25, 0.3) is 11.8 Å². The molecule has 2 aliphatic rings. The lowest BCUT2D eigenvalue weighted by atomic mass is 9.85. The lowest BCUT2D eigenvalue weighted by Gasteiger charge is -2.43. The number of hydrogen-bond acceptors (Lipinski definition) is 5. The maximum atomic E-state index is 13.8. The van der Waals surface area contributed by atoms with Gasteiger partial charge in [0.05, 0.1) is 12.2 Å². The molecule has 2 fully saturated rings. The molecule has 3 amide bonds. The highest BCUT2D eigenvalue weighted by Crippen LogP contribution is 2.39. The number of pyridine rings is 1. The van der Waals surface area contributed by atoms with Gasteiger partial charge in [-0.2, -0.15) is 0 Å². The summed E-state index contributed by atoms with van der Waals surface area (Å²) in [5.74, 6) is -0.383. The van der Waals surface area contributed by atoms with Crippen LogP contribution in [0.4, 0.5) is 11.4 Å². The quantitative estimate of drug-likeness (QED) is 0.602. The summed E-state index contributed by atoms with van der Waals surface area (Å²) in [4.78, 5) is 49.2. The van der Waals surface area contributed by atoms with E-state index in [9.17, 15) is 14.4 Å². The van der Waals surface area contributed by atoms with Gasteiger partial charge in [0.15, 0.2) is 0 Å². The third-order valence-electron chi connectivity index (χ3n) is 7.00. The van der Waals surface area contributed by atoms with E-state index in [1.807, 2.05) is 61.5 Å². The number of likely N-dealkylation sites (tertiary alicyclic amines) is 1. The number of nitrogens with one attached hydrogen (secondary N) is 1. The van der Waals surface area contributed by atoms with Crippen LogP contribution in [0.1, 0.15) is 28.8 Å². The molecule has 184 valence electrons. The van der Waals surface area contributed by atoms with Gasteiger partial charge < -0.3 is 20.0 Å². The van der Waals surface area contributed by atoms with Crippen molar-refractivity contribution in [3.63, 3.8) is 0 Å². The van der Waals surface area contributed by atoms with Crippen LogP contribution in [0.15, 0.2) is 79.1 Å². The number of amides is 3. The van der Waals surface area contributed by atoms with E-state index in [4.69, 9.17) is 0 Å². The van der Waals surface area contributed by atoms with Crippen molar-refractivity contribution in [3.8, 4) is 0 Å². The van der Waals surface area contributed by atoms with Crippen LogP contribution in [-0.2, 0) is 9.59 Å². The fraction of sp³-hybridized carbons (Fsp3) is 0.286. The smallest absolute Gasteiger partial charge is 0.255 e. The van der Waals surface area contributed by atoms with E-state index in [0.29, 0.717) is 43.9 Å². The summed E-state index contributed by atoms with van der Waals surface area (Å²) in [7, 11) is 0. The summed E-state index contributed by atoms with van der Waals surface area (Å²) in [6.45, 7) is 3.15. The van der Waals surface area contributed by atoms with Gasteiger partial charge in [-0.25, -0.2) is 0 Å². The molecule has 3 aromatic rings. The van der Waals surface area contributed by atoms with Gasteiger partial charge in [-0.3, -0.25) is 19.4 Å². The first-order valence-corrected chi connectivity index (χ1v) is 12.1. The van der Waals surface area contributed by atoms with Gasteiger partial charge in [-0.1, -0.05) is 30.3 Å². The minimum Gasteiger partial charge on any atom is -0.339 e. The summed E-state index contributed by atoms with van der Waals surface area (Å²) in [5.41, 5.74) is 2.44. The van der Waals surface area contributed by atoms with Crippen LogP contribution in [0.5, 0.6) is 0 Å². The Balaban J connectivity index is 1.34. The van der Waals surface area contributed by atoms with Crippen molar-refractivity contribution in [3.05, 3.63) is 90.3 Å². The molecule has 2 aromatic carbocycles. The molecule has 8 heteroatoms. The number of rotatable bonds is 5. The van der Waals surface area contributed by atoms with Gasteiger partial charge in [0, 0.05) is 36.9 Å². The van der Waals surface area contributed by atoms with E-state index < -0.39 is 5.54 Å². The molecular formula is C28H29N5O3. The van der Waals surface area contributed by atoms with Gasteiger partial charge >= 0.3 is 0 Å².